The van der Waals surface area contributed by atoms with Crippen LogP contribution in [0.2, 0.25) is 0 Å². The molecule has 0 aromatic rings. The van der Waals surface area contributed by atoms with Crippen LogP contribution in [0.15, 0.2) is 0 Å². The average Bonchev–Trinajstić information content (AvgIpc) is 2.61. The highest BCUT2D eigenvalue weighted by Gasteiger charge is 2.25. The Hall–Kier alpha value is -0.120. The average molecular weight is 184 g/mol. The van der Waals surface area contributed by atoms with Crippen molar-refractivity contribution in [2.75, 3.05) is 13.2 Å². The van der Waals surface area contributed by atoms with E-state index in [1.165, 1.54) is 25.7 Å². The zero-order valence-electron chi connectivity index (χ0n) is 8.17. The van der Waals surface area contributed by atoms with Crippen molar-refractivity contribution in [1.82, 2.24) is 5.32 Å². The van der Waals surface area contributed by atoms with Crippen molar-refractivity contribution >= 4 is 0 Å². The monoisotopic (exact) mass is 184 g/mol. The lowest BCUT2D eigenvalue weighted by molar-refractivity contribution is 0.0549. The van der Waals surface area contributed by atoms with Gasteiger partial charge >= 0.3 is 0 Å². The van der Waals surface area contributed by atoms with Crippen LogP contribution in [0.25, 0.3) is 0 Å². The normalized spacial score (nSPS) is 36.7. The summed E-state index contributed by atoms with van der Waals surface area (Å²) in [5, 5.41) is 3.62. The van der Waals surface area contributed by atoms with Gasteiger partial charge in [0.05, 0.1) is 6.61 Å². The molecule has 2 aliphatic rings. The summed E-state index contributed by atoms with van der Waals surface area (Å²) in [5.41, 5.74) is 6.01. The Morgan fingerprint density at radius 3 is 2.62 bits per heavy atom. The number of nitrogens with two attached hydrogens (primary N) is 1. The quantitative estimate of drug-likeness (QED) is 0.662. The summed E-state index contributed by atoms with van der Waals surface area (Å²) < 4.78 is 5.42. The van der Waals surface area contributed by atoms with Crippen molar-refractivity contribution in [2.45, 2.75) is 50.2 Å². The van der Waals surface area contributed by atoms with Crippen molar-refractivity contribution in [3.05, 3.63) is 0 Å². The molecule has 1 aliphatic heterocycles. The third kappa shape index (κ3) is 2.42. The largest absolute Gasteiger partial charge is 0.380 e. The lowest BCUT2D eigenvalue weighted by Crippen LogP contribution is -2.54. The molecule has 2 fully saturated rings. The van der Waals surface area contributed by atoms with Gasteiger partial charge in [-0.3, -0.25) is 0 Å². The summed E-state index contributed by atoms with van der Waals surface area (Å²) in [6.07, 6.45) is 6.40. The molecule has 3 nitrogen and oxygen atoms in total. The summed E-state index contributed by atoms with van der Waals surface area (Å²) in [7, 11) is 0. The van der Waals surface area contributed by atoms with E-state index in [0.717, 1.165) is 19.6 Å². The van der Waals surface area contributed by atoms with E-state index >= 15 is 0 Å². The van der Waals surface area contributed by atoms with E-state index < -0.39 is 0 Å². The van der Waals surface area contributed by atoms with E-state index in [1.807, 2.05) is 0 Å². The Morgan fingerprint density at radius 2 is 1.92 bits per heavy atom. The number of hydrogen-bond acceptors (Lipinski definition) is 3. The van der Waals surface area contributed by atoms with Crippen LogP contribution < -0.4 is 11.1 Å². The molecule has 1 aliphatic carbocycles. The lowest BCUT2D eigenvalue weighted by Gasteiger charge is -2.31. The smallest absolute Gasteiger partial charge is 0.0634 e. The van der Waals surface area contributed by atoms with E-state index in [4.69, 9.17) is 10.5 Å². The number of ether oxygens (including phenoxy) is 1. The molecule has 2 unspecified atom stereocenters. The summed E-state index contributed by atoms with van der Waals surface area (Å²) in [6, 6.07) is 1.41. The van der Waals surface area contributed by atoms with E-state index in [0.29, 0.717) is 18.1 Å². The minimum atomic E-state index is 0.300. The number of nitrogens with one attached hydrogen (secondary N) is 1. The second-order valence-electron chi connectivity index (χ2n) is 4.28. The fourth-order valence-corrected chi connectivity index (χ4v) is 2.32. The Bertz CT molecular complexity index is 157. The third-order valence-corrected chi connectivity index (χ3v) is 3.21. The molecule has 1 saturated heterocycles. The maximum atomic E-state index is 6.01. The fourth-order valence-electron chi connectivity index (χ4n) is 2.32. The maximum absolute atomic E-state index is 6.01. The van der Waals surface area contributed by atoms with Gasteiger partial charge in [0.1, 0.15) is 0 Å². The fraction of sp³-hybridized carbons (Fsp3) is 1.00. The Labute approximate surface area is 80.0 Å². The molecule has 2 atom stereocenters. The predicted octanol–water partition coefficient (Wildman–Crippen LogP) is 0.635. The topological polar surface area (TPSA) is 47.3 Å². The van der Waals surface area contributed by atoms with E-state index in [-0.39, 0.29) is 0 Å². The van der Waals surface area contributed by atoms with Crippen LogP contribution in [-0.4, -0.2) is 31.3 Å². The maximum Gasteiger partial charge on any atom is 0.0634 e. The highest BCUT2D eigenvalue weighted by Crippen LogP contribution is 2.19. The molecule has 0 radical (unpaired) electrons. The number of hydrogen-bond donors (Lipinski definition) is 2. The van der Waals surface area contributed by atoms with Crippen LogP contribution >= 0.6 is 0 Å². The van der Waals surface area contributed by atoms with Crippen LogP contribution in [0.4, 0.5) is 0 Å². The summed E-state index contributed by atoms with van der Waals surface area (Å²) >= 11 is 0. The van der Waals surface area contributed by atoms with E-state index in [9.17, 15) is 0 Å². The van der Waals surface area contributed by atoms with Gasteiger partial charge in [-0.1, -0.05) is 12.8 Å². The molecule has 0 bridgehead atoms. The molecule has 0 amide bonds. The van der Waals surface area contributed by atoms with Crippen molar-refractivity contribution in [1.29, 1.82) is 0 Å². The molecule has 1 heterocycles. The Kier molecular flexibility index (Phi) is 3.19. The second-order valence-corrected chi connectivity index (χ2v) is 4.28. The molecule has 3 N–H and O–H groups in total. The van der Waals surface area contributed by atoms with E-state index in [1.54, 1.807) is 0 Å². The molecule has 13 heavy (non-hydrogen) atoms. The zero-order chi connectivity index (χ0) is 9.10. The van der Waals surface area contributed by atoms with Gasteiger partial charge in [0.15, 0.2) is 0 Å². The number of rotatable bonds is 2. The van der Waals surface area contributed by atoms with Crippen LogP contribution in [0.3, 0.4) is 0 Å². The summed E-state index contributed by atoms with van der Waals surface area (Å²) in [5.74, 6) is 0. The van der Waals surface area contributed by atoms with Gasteiger partial charge < -0.3 is 15.8 Å². The lowest BCUT2D eigenvalue weighted by atomic mass is 10.0. The molecule has 0 aromatic carbocycles. The van der Waals surface area contributed by atoms with Gasteiger partial charge in [-0.25, -0.2) is 0 Å². The molecule has 0 spiro atoms. The standard InChI is InChI=1S/C10H20N2O/c11-9-5-6-13-7-10(9)12-8-3-1-2-4-8/h8-10,12H,1-7,11H2. The summed E-state index contributed by atoms with van der Waals surface area (Å²) in [6.45, 7) is 1.64. The van der Waals surface area contributed by atoms with Crippen LogP contribution in [0.1, 0.15) is 32.1 Å². The van der Waals surface area contributed by atoms with Crippen molar-refractivity contribution in [2.24, 2.45) is 5.73 Å². The first-order valence-corrected chi connectivity index (χ1v) is 5.45. The van der Waals surface area contributed by atoms with Gasteiger partial charge in [-0.15, -0.1) is 0 Å². The van der Waals surface area contributed by atoms with Gasteiger partial charge in [-0.05, 0) is 19.3 Å². The minimum Gasteiger partial charge on any atom is -0.380 e. The highest BCUT2D eigenvalue weighted by molar-refractivity contribution is 4.86. The first-order valence-electron chi connectivity index (χ1n) is 5.45. The second kappa shape index (κ2) is 4.40. The van der Waals surface area contributed by atoms with Crippen molar-refractivity contribution < 1.29 is 4.74 Å². The Morgan fingerprint density at radius 1 is 1.15 bits per heavy atom. The van der Waals surface area contributed by atoms with Crippen LogP contribution in [0.5, 0.6) is 0 Å². The molecule has 76 valence electrons. The van der Waals surface area contributed by atoms with E-state index in [2.05, 4.69) is 5.32 Å². The van der Waals surface area contributed by atoms with Gasteiger partial charge in [0.25, 0.3) is 0 Å². The van der Waals surface area contributed by atoms with Gasteiger partial charge in [0.2, 0.25) is 0 Å². The van der Waals surface area contributed by atoms with Crippen molar-refractivity contribution in [3.63, 3.8) is 0 Å². The molecular weight excluding hydrogens is 164 g/mol. The molecule has 1 saturated carbocycles. The van der Waals surface area contributed by atoms with Crippen LogP contribution in [-0.2, 0) is 4.74 Å². The highest BCUT2D eigenvalue weighted by atomic mass is 16.5. The molecule has 3 heteroatoms. The zero-order valence-corrected chi connectivity index (χ0v) is 8.17. The predicted molar refractivity (Wildman–Crippen MR) is 52.6 cm³/mol. The molecule has 2 rings (SSSR count). The first kappa shape index (κ1) is 9.44. The third-order valence-electron chi connectivity index (χ3n) is 3.21. The van der Waals surface area contributed by atoms with Crippen molar-refractivity contribution in [3.8, 4) is 0 Å². The summed E-state index contributed by atoms with van der Waals surface area (Å²) in [4.78, 5) is 0. The molecule has 0 aromatic heterocycles. The first-order chi connectivity index (χ1) is 6.36. The van der Waals surface area contributed by atoms with Crippen LogP contribution in [0, 0.1) is 0 Å². The van der Waals surface area contributed by atoms with Gasteiger partial charge in [-0.2, -0.15) is 0 Å². The Balaban J connectivity index is 1.78. The SMILES string of the molecule is NC1CCOCC1NC1CCCC1. The minimum absolute atomic E-state index is 0.300. The van der Waals surface area contributed by atoms with Gasteiger partial charge in [0, 0.05) is 24.7 Å². The molecular formula is C10H20N2O.